The molecule has 260 valence electrons. The summed E-state index contributed by atoms with van der Waals surface area (Å²) in [4.78, 5) is 41.5. The van der Waals surface area contributed by atoms with E-state index in [1.54, 1.807) is 31.2 Å². The first-order valence-electron chi connectivity index (χ1n) is 16.4. The number of amides is 1. The summed E-state index contributed by atoms with van der Waals surface area (Å²) in [6.45, 7) is 5.30. The number of aliphatic imine (C=N–C) groups is 3. The number of nitrogens with two attached hydrogens (primary N) is 1. The molecule has 49 heavy (non-hydrogen) atoms. The van der Waals surface area contributed by atoms with Crippen molar-refractivity contribution < 1.29 is 38.7 Å². The number of carbonyl (C=O) groups excluding carboxylic acids is 2. The second-order valence-corrected chi connectivity index (χ2v) is 12.6. The van der Waals surface area contributed by atoms with Crippen LogP contribution in [-0.2, 0) is 27.4 Å². The Kier molecular flexibility index (Phi) is 8.54. The Hall–Kier alpha value is -4.93. The van der Waals surface area contributed by atoms with Crippen molar-refractivity contribution in [2.45, 2.75) is 57.7 Å². The number of aliphatic hydroxyl groups excluding tert-OH is 1. The standard InChI is InChI=1S/C33H40N8O8/c1-4-47-30(44)21-13-17(7-11-40-12-10-36-32(40)41-16-37-24-28(41)38-31(34)39-29(24)43)23-26(46-3)19-14-22(33(2,45)18-5-8-35-9-6-18)49-25(19)20(15-42)27(23)48-21/h7,10,12-13,18,22,32,35-36,42,45H,4-6,8-9,11,14-16H2,1-3H3,(H2,34,39,43). The highest BCUT2D eigenvalue weighted by Crippen LogP contribution is 2.54. The fraction of sp³-hybridized carbons (Fsp3) is 0.485. The van der Waals surface area contributed by atoms with Gasteiger partial charge < -0.3 is 50.4 Å². The van der Waals surface area contributed by atoms with Crippen molar-refractivity contribution in [3.63, 3.8) is 0 Å². The fourth-order valence-corrected chi connectivity index (χ4v) is 7.27. The summed E-state index contributed by atoms with van der Waals surface area (Å²) >= 11 is 0. The van der Waals surface area contributed by atoms with Gasteiger partial charge in [0.25, 0.3) is 0 Å². The van der Waals surface area contributed by atoms with Gasteiger partial charge in [0.2, 0.25) is 11.7 Å². The van der Waals surface area contributed by atoms with E-state index in [0.717, 1.165) is 25.9 Å². The monoisotopic (exact) mass is 676 g/mol. The van der Waals surface area contributed by atoms with E-state index in [0.29, 0.717) is 52.6 Å². The smallest absolute Gasteiger partial charge is 0.374 e. The summed E-state index contributed by atoms with van der Waals surface area (Å²) in [7, 11) is 1.55. The molecule has 1 aromatic rings. The number of benzene rings is 1. The number of aliphatic hydroxyl groups is 2. The summed E-state index contributed by atoms with van der Waals surface area (Å²) in [6.07, 6.45) is 8.01. The first-order valence-corrected chi connectivity index (χ1v) is 16.4. The van der Waals surface area contributed by atoms with E-state index in [1.165, 1.54) is 0 Å². The van der Waals surface area contributed by atoms with Gasteiger partial charge in [-0.3, -0.25) is 14.7 Å². The molecular weight excluding hydrogens is 636 g/mol. The van der Waals surface area contributed by atoms with Crippen LogP contribution < -0.4 is 30.6 Å². The number of amidine groups is 1. The Balaban J connectivity index is 1.25. The number of hydrogen-bond donors (Lipinski definition) is 5. The molecule has 16 heteroatoms. The van der Waals surface area contributed by atoms with Crippen LogP contribution in [0.1, 0.15) is 43.4 Å². The third-order valence-electron chi connectivity index (χ3n) is 9.79. The quantitative estimate of drug-likeness (QED) is 0.220. The van der Waals surface area contributed by atoms with Crippen LogP contribution in [0.5, 0.6) is 17.2 Å². The average Bonchev–Trinajstić information content (AvgIpc) is 3.85. The number of piperidine rings is 1. The van der Waals surface area contributed by atoms with Crippen molar-refractivity contribution in [3.05, 3.63) is 47.0 Å². The number of nitrogens with zero attached hydrogens (tertiary/aromatic N) is 5. The highest BCUT2D eigenvalue weighted by molar-refractivity contribution is 6.69. The molecule has 6 aliphatic heterocycles. The summed E-state index contributed by atoms with van der Waals surface area (Å²) < 4.78 is 24.0. The number of esters is 1. The minimum Gasteiger partial charge on any atom is -0.496 e. The Morgan fingerprint density at radius 2 is 2.06 bits per heavy atom. The summed E-state index contributed by atoms with van der Waals surface area (Å²) in [5, 5.41) is 29.2. The van der Waals surface area contributed by atoms with Gasteiger partial charge in [0.1, 0.15) is 35.6 Å². The van der Waals surface area contributed by atoms with Gasteiger partial charge >= 0.3 is 11.9 Å². The van der Waals surface area contributed by atoms with Crippen LogP contribution in [0.3, 0.4) is 0 Å². The van der Waals surface area contributed by atoms with Gasteiger partial charge in [0.05, 0.1) is 31.5 Å². The van der Waals surface area contributed by atoms with Gasteiger partial charge in [0.15, 0.2) is 17.8 Å². The Labute approximate surface area is 282 Å². The van der Waals surface area contributed by atoms with Crippen molar-refractivity contribution in [1.82, 2.24) is 20.4 Å². The molecule has 0 aliphatic carbocycles. The zero-order valence-corrected chi connectivity index (χ0v) is 27.6. The molecule has 7 rings (SSSR count). The normalized spacial score (nSPS) is 24.8. The van der Waals surface area contributed by atoms with Gasteiger partial charge in [-0.15, -0.1) is 0 Å². The predicted molar refractivity (Wildman–Crippen MR) is 178 cm³/mol. The third-order valence-corrected chi connectivity index (χ3v) is 9.79. The molecule has 6 heterocycles. The lowest BCUT2D eigenvalue weighted by molar-refractivity contribution is -0.141. The molecule has 1 saturated heterocycles. The van der Waals surface area contributed by atoms with Crippen LogP contribution in [0.2, 0.25) is 0 Å². The van der Waals surface area contributed by atoms with E-state index < -0.39 is 36.5 Å². The number of allylic oxidation sites excluding steroid dienone is 2. The molecule has 0 aromatic heterocycles. The first-order chi connectivity index (χ1) is 23.7. The molecule has 6 N–H and O–H groups in total. The number of fused-ring (bicyclic) bond motifs is 3. The summed E-state index contributed by atoms with van der Waals surface area (Å²) in [5.41, 5.74) is 6.96. The van der Waals surface area contributed by atoms with Gasteiger partial charge in [-0.2, -0.15) is 9.98 Å². The van der Waals surface area contributed by atoms with Crippen LogP contribution in [0.4, 0.5) is 0 Å². The lowest BCUT2D eigenvalue weighted by Gasteiger charge is -2.39. The molecule has 1 amide bonds. The number of ether oxygens (including phenoxy) is 4. The number of carbonyl (C=O) groups is 2. The molecule has 16 nitrogen and oxygen atoms in total. The maximum absolute atomic E-state index is 13.1. The molecule has 0 bridgehead atoms. The van der Waals surface area contributed by atoms with Crippen molar-refractivity contribution in [2.24, 2.45) is 26.6 Å². The van der Waals surface area contributed by atoms with Crippen molar-refractivity contribution in [3.8, 4) is 17.2 Å². The van der Waals surface area contributed by atoms with Crippen LogP contribution in [-0.4, -0.2) is 107 Å². The highest BCUT2D eigenvalue weighted by atomic mass is 16.6. The molecule has 3 atom stereocenters. The number of methoxy groups -OCH3 is 1. The van der Waals surface area contributed by atoms with Crippen LogP contribution in [0.25, 0.3) is 5.57 Å². The van der Waals surface area contributed by atoms with E-state index in [-0.39, 0.29) is 42.4 Å². The zero-order valence-electron chi connectivity index (χ0n) is 27.6. The molecule has 0 radical (unpaired) electrons. The van der Waals surface area contributed by atoms with E-state index in [9.17, 15) is 19.8 Å². The molecule has 3 unspecified atom stereocenters. The van der Waals surface area contributed by atoms with Gasteiger partial charge in [-0.1, -0.05) is 6.08 Å². The van der Waals surface area contributed by atoms with Crippen LogP contribution >= 0.6 is 0 Å². The number of rotatable bonds is 9. The summed E-state index contributed by atoms with van der Waals surface area (Å²) in [6, 6.07) is 0. The van der Waals surface area contributed by atoms with E-state index in [1.807, 2.05) is 24.1 Å². The first kappa shape index (κ1) is 32.6. The molecule has 6 aliphatic rings. The Morgan fingerprint density at radius 3 is 2.80 bits per heavy atom. The molecule has 1 aromatic carbocycles. The SMILES string of the molecule is CCOC(=O)C1=CC(=CCN2C=CNC2N2CN=C3C(=O)N=C(N)N=C32)c2c(OC)c3c(c(CO)c2O1)OC(C(C)(O)C1CCNCC1)C3. The maximum Gasteiger partial charge on any atom is 0.374 e. The van der Waals surface area contributed by atoms with Crippen molar-refractivity contribution in [2.75, 3.05) is 40.0 Å². The van der Waals surface area contributed by atoms with E-state index in [2.05, 4.69) is 25.6 Å². The lowest BCUT2D eigenvalue weighted by Crippen LogP contribution is -2.53. The van der Waals surface area contributed by atoms with E-state index in [4.69, 9.17) is 24.7 Å². The summed E-state index contributed by atoms with van der Waals surface area (Å²) in [5.74, 6) is -0.00758. The van der Waals surface area contributed by atoms with Gasteiger partial charge in [-0.25, -0.2) is 4.79 Å². The predicted octanol–water partition coefficient (Wildman–Crippen LogP) is 0.0919. The molecule has 0 saturated carbocycles. The second-order valence-electron chi connectivity index (χ2n) is 12.6. The highest BCUT2D eigenvalue weighted by Gasteiger charge is 2.48. The Morgan fingerprint density at radius 1 is 1.27 bits per heavy atom. The number of nitrogens with one attached hydrogen (secondary N) is 2. The minimum atomic E-state index is -1.15. The zero-order chi connectivity index (χ0) is 34.4. The van der Waals surface area contributed by atoms with Crippen molar-refractivity contribution in [1.29, 1.82) is 0 Å². The van der Waals surface area contributed by atoms with Gasteiger partial charge in [0, 0.05) is 30.9 Å². The minimum absolute atomic E-state index is 0.0172. The largest absolute Gasteiger partial charge is 0.496 e. The van der Waals surface area contributed by atoms with Crippen LogP contribution in [0, 0.1) is 5.92 Å². The average molecular weight is 677 g/mol. The van der Waals surface area contributed by atoms with Crippen molar-refractivity contribution >= 4 is 35.0 Å². The fourth-order valence-electron chi connectivity index (χ4n) is 7.27. The molecule has 1 fully saturated rings. The Bertz CT molecular complexity index is 1760. The number of guanidine groups is 1. The van der Waals surface area contributed by atoms with Gasteiger partial charge in [-0.05, 0) is 57.3 Å². The molecular formula is C33H40N8O8. The maximum atomic E-state index is 13.1. The molecule has 0 spiro atoms. The van der Waals surface area contributed by atoms with E-state index >= 15 is 0 Å². The third kappa shape index (κ3) is 5.58. The lowest BCUT2D eigenvalue weighted by atomic mass is 9.77. The second kappa shape index (κ2) is 12.8. The number of hydrogen-bond acceptors (Lipinski definition) is 15. The topological polar surface area (TPSA) is 205 Å². The van der Waals surface area contributed by atoms with Crippen LogP contribution in [0.15, 0.2) is 45.3 Å².